The minimum atomic E-state index is -0.359. The lowest BCUT2D eigenvalue weighted by atomic mass is 9.87. The summed E-state index contributed by atoms with van der Waals surface area (Å²) in [5, 5.41) is 6.32. The quantitative estimate of drug-likeness (QED) is 0.845. The summed E-state index contributed by atoms with van der Waals surface area (Å²) in [6.07, 6.45) is 0. The first kappa shape index (κ1) is 15.6. The van der Waals surface area contributed by atoms with Crippen LogP contribution in [0.15, 0.2) is 53.6 Å². The molecule has 0 radical (unpaired) electrons. The lowest BCUT2D eigenvalue weighted by Crippen LogP contribution is -2.42. The van der Waals surface area contributed by atoms with Crippen LogP contribution in [0.4, 0.5) is 10.1 Å². The Morgan fingerprint density at radius 2 is 2.00 bits per heavy atom. The van der Waals surface area contributed by atoms with E-state index in [1.165, 1.54) is 17.0 Å². The number of carbonyl (C=O) groups excluding carboxylic acids is 1. The zero-order valence-corrected chi connectivity index (χ0v) is 14.0. The number of rotatable bonds is 2. The molecule has 0 N–H and O–H groups in total. The first-order valence-electron chi connectivity index (χ1n) is 8.13. The van der Waals surface area contributed by atoms with Crippen molar-refractivity contribution < 1.29 is 13.9 Å². The molecule has 1 unspecified atom stereocenters. The van der Waals surface area contributed by atoms with Gasteiger partial charge in [0.15, 0.2) is 0 Å². The van der Waals surface area contributed by atoms with E-state index in [0.717, 1.165) is 5.56 Å². The molecule has 25 heavy (non-hydrogen) atoms. The number of fused-ring (bicyclic) bond motifs is 3. The van der Waals surface area contributed by atoms with Crippen LogP contribution in [-0.4, -0.2) is 43.3 Å². The number of anilines is 1. The average molecular weight is 339 g/mol. The van der Waals surface area contributed by atoms with Crippen LogP contribution in [-0.2, 0) is 4.79 Å². The van der Waals surface area contributed by atoms with Crippen LogP contribution in [0, 0.1) is 5.82 Å². The molecule has 0 aromatic heterocycles. The van der Waals surface area contributed by atoms with Gasteiger partial charge in [0.05, 0.1) is 12.0 Å². The Labute approximate surface area is 145 Å². The van der Waals surface area contributed by atoms with Gasteiger partial charge in [0.25, 0.3) is 5.91 Å². The van der Waals surface area contributed by atoms with Crippen molar-refractivity contribution in [3.63, 3.8) is 0 Å². The molecule has 128 valence electrons. The van der Waals surface area contributed by atoms with Crippen LogP contribution in [0.2, 0.25) is 0 Å². The molecule has 6 heteroatoms. The van der Waals surface area contributed by atoms with Crippen molar-refractivity contribution >= 4 is 17.3 Å². The smallest absolute Gasteiger partial charge is 0.270 e. The summed E-state index contributed by atoms with van der Waals surface area (Å²) < 4.78 is 19.6. The molecule has 2 aliphatic rings. The Morgan fingerprint density at radius 1 is 1.24 bits per heavy atom. The number of nitrogens with zero attached hydrogens (tertiary/aromatic N) is 3. The first-order valence-corrected chi connectivity index (χ1v) is 8.13. The second-order valence-corrected chi connectivity index (χ2v) is 6.41. The highest BCUT2D eigenvalue weighted by Gasteiger charge is 2.45. The molecular weight excluding hydrogens is 321 g/mol. The monoisotopic (exact) mass is 339 g/mol. The maximum absolute atomic E-state index is 13.7. The van der Waals surface area contributed by atoms with Gasteiger partial charge in [-0.15, -0.1) is 0 Å². The second kappa shape index (κ2) is 5.88. The third-order valence-electron chi connectivity index (χ3n) is 4.57. The lowest BCUT2D eigenvalue weighted by molar-refractivity contribution is -0.121. The van der Waals surface area contributed by atoms with E-state index in [4.69, 9.17) is 4.74 Å². The van der Waals surface area contributed by atoms with Gasteiger partial charge in [-0.1, -0.05) is 30.3 Å². The zero-order valence-electron chi connectivity index (χ0n) is 14.0. The van der Waals surface area contributed by atoms with Crippen molar-refractivity contribution in [1.82, 2.24) is 4.90 Å². The van der Waals surface area contributed by atoms with E-state index in [-0.39, 0.29) is 23.7 Å². The van der Waals surface area contributed by atoms with E-state index < -0.39 is 0 Å². The summed E-state index contributed by atoms with van der Waals surface area (Å²) in [5.74, 6) is -0.165. The fourth-order valence-corrected chi connectivity index (χ4v) is 3.39. The van der Waals surface area contributed by atoms with Gasteiger partial charge in [-0.3, -0.25) is 9.80 Å². The Balaban J connectivity index is 1.83. The Kier molecular flexibility index (Phi) is 3.67. The number of benzene rings is 2. The highest BCUT2D eigenvalue weighted by atomic mass is 19.1. The van der Waals surface area contributed by atoms with Crippen molar-refractivity contribution in [3.05, 3.63) is 59.9 Å². The normalized spacial score (nSPS) is 21.1. The van der Waals surface area contributed by atoms with Gasteiger partial charge in [-0.2, -0.15) is 5.10 Å². The van der Waals surface area contributed by atoms with Gasteiger partial charge >= 0.3 is 0 Å². The third-order valence-corrected chi connectivity index (χ3v) is 4.57. The summed E-state index contributed by atoms with van der Waals surface area (Å²) in [4.78, 5) is 14.2. The number of carbonyl (C=O) groups is 1. The average Bonchev–Trinajstić information content (AvgIpc) is 3.01. The molecule has 0 aliphatic carbocycles. The number of hydrazone groups is 1. The Morgan fingerprint density at radius 3 is 2.72 bits per heavy atom. The number of hydrogen-bond donors (Lipinski definition) is 0. The molecule has 0 bridgehead atoms. The number of ether oxygens (including phenoxy) is 1. The van der Waals surface area contributed by atoms with Gasteiger partial charge in [-0.25, -0.2) is 4.39 Å². The third kappa shape index (κ3) is 2.54. The highest BCUT2D eigenvalue weighted by Crippen LogP contribution is 2.43. The molecule has 0 fully saturated rings. The van der Waals surface area contributed by atoms with Crippen LogP contribution in [0.3, 0.4) is 0 Å². The first-order chi connectivity index (χ1) is 12.1. The van der Waals surface area contributed by atoms with Crippen molar-refractivity contribution in [2.24, 2.45) is 5.10 Å². The molecule has 2 heterocycles. The standard InChI is InChI=1S/C19H18FN3O2/c1-22(2)19(24)18-17(12-6-4-3-5-7-12)15-11-25-16-9-8-13(20)10-14(16)23(15)21-18/h3-10,15,17H,11H2,1-2H3/t15?,17-/m1/s1. The molecule has 0 saturated carbocycles. The predicted octanol–water partition coefficient (Wildman–Crippen LogP) is 2.63. The zero-order chi connectivity index (χ0) is 17.6. The molecule has 2 aromatic rings. The fourth-order valence-electron chi connectivity index (χ4n) is 3.39. The number of hydrogen-bond acceptors (Lipinski definition) is 4. The molecular formula is C19H18FN3O2. The molecule has 4 rings (SSSR count). The summed E-state index contributed by atoms with van der Waals surface area (Å²) in [7, 11) is 3.41. The molecule has 5 nitrogen and oxygen atoms in total. The van der Waals surface area contributed by atoms with Crippen LogP contribution < -0.4 is 9.75 Å². The van der Waals surface area contributed by atoms with Crippen molar-refractivity contribution in [3.8, 4) is 5.75 Å². The maximum atomic E-state index is 13.7. The molecule has 0 spiro atoms. The van der Waals surface area contributed by atoms with Crippen LogP contribution in [0.5, 0.6) is 5.75 Å². The maximum Gasteiger partial charge on any atom is 0.270 e. The van der Waals surface area contributed by atoms with Crippen molar-refractivity contribution in [2.45, 2.75) is 12.0 Å². The van der Waals surface area contributed by atoms with E-state index in [0.29, 0.717) is 23.8 Å². The van der Waals surface area contributed by atoms with Gasteiger partial charge < -0.3 is 9.64 Å². The van der Waals surface area contributed by atoms with Crippen LogP contribution in [0.1, 0.15) is 11.5 Å². The Hall–Kier alpha value is -2.89. The van der Waals surface area contributed by atoms with Gasteiger partial charge in [0.1, 0.15) is 29.6 Å². The van der Waals surface area contributed by atoms with Gasteiger partial charge in [0, 0.05) is 20.2 Å². The van der Waals surface area contributed by atoms with E-state index in [1.54, 1.807) is 25.2 Å². The molecule has 2 aromatic carbocycles. The summed E-state index contributed by atoms with van der Waals surface area (Å²) >= 11 is 0. The number of amides is 1. The molecule has 2 aliphatic heterocycles. The fraction of sp³-hybridized carbons (Fsp3) is 0.263. The van der Waals surface area contributed by atoms with Gasteiger partial charge in [-0.05, 0) is 17.7 Å². The summed E-state index contributed by atoms with van der Waals surface area (Å²) in [6.45, 7) is 0.381. The minimum Gasteiger partial charge on any atom is -0.489 e. The van der Waals surface area contributed by atoms with E-state index in [9.17, 15) is 9.18 Å². The molecule has 2 atom stereocenters. The van der Waals surface area contributed by atoms with E-state index in [2.05, 4.69) is 5.10 Å². The molecule has 1 amide bonds. The van der Waals surface area contributed by atoms with Gasteiger partial charge in [0.2, 0.25) is 0 Å². The van der Waals surface area contributed by atoms with Crippen LogP contribution in [0.25, 0.3) is 0 Å². The largest absolute Gasteiger partial charge is 0.489 e. The summed E-state index contributed by atoms with van der Waals surface area (Å²) in [6, 6.07) is 13.9. The van der Waals surface area contributed by atoms with Crippen LogP contribution >= 0.6 is 0 Å². The van der Waals surface area contributed by atoms with E-state index >= 15 is 0 Å². The van der Waals surface area contributed by atoms with E-state index in [1.807, 2.05) is 30.3 Å². The topological polar surface area (TPSA) is 45.1 Å². The molecule has 0 saturated heterocycles. The SMILES string of the molecule is CN(C)C(=O)C1=NN2c3cc(F)ccc3OCC2[C@H]1c1ccccc1. The lowest BCUT2D eigenvalue weighted by Gasteiger charge is -2.33. The predicted molar refractivity (Wildman–Crippen MR) is 93.5 cm³/mol. The Bertz CT molecular complexity index is 851. The highest BCUT2D eigenvalue weighted by molar-refractivity contribution is 6.41. The number of halogens is 1. The second-order valence-electron chi connectivity index (χ2n) is 6.41. The van der Waals surface area contributed by atoms with Crippen molar-refractivity contribution in [1.29, 1.82) is 0 Å². The minimum absolute atomic E-state index is 0.152. The van der Waals surface area contributed by atoms with Crippen molar-refractivity contribution in [2.75, 3.05) is 25.7 Å². The summed E-state index contributed by atoms with van der Waals surface area (Å²) in [5.41, 5.74) is 1.99.